The van der Waals surface area contributed by atoms with Crippen LogP contribution in [0.4, 0.5) is 0 Å². The van der Waals surface area contributed by atoms with Gasteiger partial charge in [0.15, 0.2) is 0 Å². The fourth-order valence-electron chi connectivity index (χ4n) is 1.32. The van der Waals surface area contributed by atoms with Gasteiger partial charge < -0.3 is 4.74 Å². The van der Waals surface area contributed by atoms with E-state index in [4.69, 9.17) is 9.88 Å². The van der Waals surface area contributed by atoms with E-state index in [9.17, 15) is 4.21 Å². The molecule has 1 fully saturated rings. The van der Waals surface area contributed by atoms with Gasteiger partial charge in [-0.2, -0.15) is 0 Å². The number of nitrogens with two attached hydrogens (primary N) is 1. The zero-order chi connectivity index (χ0) is 8.10. The van der Waals surface area contributed by atoms with Gasteiger partial charge in [0.2, 0.25) is 0 Å². The molecular weight excluding hydrogens is 162 g/mol. The largest absolute Gasteiger partial charge is 0.381 e. The van der Waals surface area contributed by atoms with Crippen molar-refractivity contribution in [3.8, 4) is 0 Å². The predicted molar refractivity (Wildman–Crippen MR) is 45.4 cm³/mol. The molecule has 0 bridgehead atoms. The second kappa shape index (κ2) is 4.85. The lowest BCUT2D eigenvalue weighted by atomic mass is 9.98. The zero-order valence-electron chi connectivity index (χ0n) is 6.62. The highest BCUT2D eigenvalue weighted by atomic mass is 32.2. The van der Waals surface area contributed by atoms with Gasteiger partial charge in [0, 0.05) is 19.0 Å². The first-order valence-electron chi connectivity index (χ1n) is 3.99. The number of hydrogen-bond acceptors (Lipinski definition) is 2. The van der Waals surface area contributed by atoms with Crippen molar-refractivity contribution in [1.82, 2.24) is 0 Å². The van der Waals surface area contributed by atoms with E-state index in [0.29, 0.717) is 11.7 Å². The minimum absolute atomic E-state index is 0.644. The van der Waals surface area contributed by atoms with E-state index in [1.54, 1.807) is 0 Å². The molecule has 1 aliphatic heterocycles. The maximum absolute atomic E-state index is 10.5. The fourth-order valence-corrected chi connectivity index (χ4v) is 1.88. The molecule has 0 amide bonds. The predicted octanol–water partition coefficient (Wildman–Crippen LogP) is 0.425. The molecule has 1 unspecified atom stereocenters. The Bertz CT molecular complexity index is 134. The average Bonchev–Trinajstić information content (AvgIpc) is 2.03. The van der Waals surface area contributed by atoms with Crippen molar-refractivity contribution in [3.63, 3.8) is 0 Å². The van der Waals surface area contributed by atoms with Crippen LogP contribution in [0.3, 0.4) is 0 Å². The topological polar surface area (TPSA) is 52.3 Å². The lowest BCUT2D eigenvalue weighted by Gasteiger charge is -2.21. The molecule has 0 spiro atoms. The summed E-state index contributed by atoms with van der Waals surface area (Å²) in [5.41, 5.74) is 0. The van der Waals surface area contributed by atoms with Gasteiger partial charge in [-0.1, -0.05) is 0 Å². The van der Waals surface area contributed by atoms with E-state index >= 15 is 0 Å². The summed E-state index contributed by atoms with van der Waals surface area (Å²) >= 11 is 0. The van der Waals surface area contributed by atoms with Gasteiger partial charge in [-0.3, -0.25) is 5.14 Å². The van der Waals surface area contributed by atoms with Crippen LogP contribution >= 0.6 is 0 Å². The van der Waals surface area contributed by atoms with Crippen molar-refractivity contribution in [3.05, 3.63) is 0 Å². The maximum Gasteiger partial charge on any atom is 0.0888 e. The molecule has 0 saturated carbocycles. The van der Waals surface area contributed by atoms with Crippen LogP contribution in [0.15, 0.2) is 0 Å². The molecule has 1 heterocycles. The van der Waals surface area contributed by atoms with E-state index in [-0.39, 0.29) is 0 Å². The first kappa shape index (κ1) is 9.16. The van der Waals surface area contributed by atoms with Crippen LogP contribution in [-0.4, -0.2) is 23.2 Å². The summed E-state index contributed by atoms with van der Waals surface area (Å²) in [6.45, 7) is 1.73. The van der Waals surface area contributed by atoms with E-state index in [2.05, 4.69) is 0 Å². The number of ether oxygens (including phenoxy) is 1. The van der Waals surface area contributed by atoms with Crippen molar-refractivity contribution < 1.29 is 8.95 Å². The van der Waals surface area contributed by atoms with E-state index in [1.165, 1.54) is 0 Å². The summed E-state index contributed by atoms with van der Waals surface area (Å²) in [4.78, 5) is 0. The highest BCUT2D eigenvalue weighted by Crippen LogP contribution is 2.17. The maximum atomic E-state index is 10.5. The van der Waals surface area contributed by atoms with Gasteiger partial charge in [-0.25, -0.2) is 4.21 Å². The van der Waals surface area contributed by atoms with Crippen LogP contribution in [-0.2, 0) is 15.7 Å². The van der Waals surface area contributed by atoms with Crippen molar-refractivity contribution in [2.24, 2.45) is 11.1 Å². The molecular formula is C7H15NO2S. The molecule has 1 aliphatic rings. The van der Waals surface area contributed by atoms with Gasteiger partial charge >= 0.3 is 0 Å². The van der Waals surface area contributed by atoms with Crippen LogP contribution in [0.2, 0.25) is 0 Å². The minimum Gasteiger partial charge on any atom is -0.381 e. The Balaban J connectivity index is 2.09. The molecule has 66 valence electrons. The first-order chi connectivity index (χ1) is 5.29. The van der Waals surface area contributed by atoms with Crippen molar-refractivity contribution in [1.29, 1.82) is 0 Å². The summed E-state index contributed by atoms with van der Waals surface area (Å²) in [7, 11) is -1.11. The highest BCUT2D eigenvalue weighted by Gasteiger charge is 2.13. The molecule has 1 atom stereocenters. The Kier molecular flexibility index (Phi) is 4.04. The van der Waals surface area contributed by atoms with Gasteiger partial charge in [0.25, 0.3) is 0 Å². The Hall–Kier alpha value is 0.0700. The lowest BCUT2D eigenvalue weighted by molar-refractivity contribution is 0.0656. The molecule has 0 aromatic rings. The smallest absolute Gasteiger partial charge is 0.0888 e. The van der Waals surface area contributed by atoms with Crippen LogP contribution in [0, 0.1) is 5.92 Å². The van der Waals surface area contributed by atoms with Crippen LogP contribution in [0.1, 0.15) is 19.3 Å². The molecule has 2 N–H and O–H groups in total. The molecule has 11 heavy (non-hydrogen) atoms. The normalized spacial score (nSPS) is 23.4. The second-order valence-corrected chi connectivity index (χ2v) is 4.10. The van der Waals surface area contributed by atoms with E-state index < -0.39 is 11.0 Å². The lowest BCUT2D eigenvalue weighted by Crippen LogP contribution is -2.19. The quantitative estimate of drug-likeness (QED) is 0.679. The monoisotopic (exact) mass is 177 g/mol. The Labute approximate surface area is 69.9 Å². The first-order valence-corrected chi connectivity index (χ1v) is 5.38. The zero-order valence-corrected chi connectivity index (χ0v) is 7.44. The van der Waals surface area contributed by atoms with Crippen molar-refractivity contribution in [2.45, 2.75) is 19.3 Å². The summed E-state index contributed by atoms with van der Waals surface area (Å²) in [5.74, 6) is 1.33. The summed E-state index contributed by atoms with van der Waals surface area (Å²) < 4.78 is 15.7. The molecule has 0 radical (unpaired) electrons. The summed E-state index contributed by atoms with van der Waals surface area (Å²) in [6, 6.07) is 0. The van der Waals surface area contributed by atoms with Gasteiger partial charge in [-0.15, -0.1) is 0 Å². The standard InChI is InChI=1S/C7H15NO2S/c8-11(9)6-3-7-1-4-10-5-2-7/h7H,1-6,8H2. The van der Waals surface area contributed by atoms with E-state index in [0.717, 1.165) is 32.5 Å². The third kappa shape index (κ3) is 3.84. The van der Waals surface area contributed by atoms with Gasteiger partial charge in [0.1, 0.15) is 0 Å². The number of rotatable bonds is 3. The molecule has 3 nitrogen and oxygen atoms in total. The number of hydrogen-bond donors (Lipinski definition) is 1. The average molecular weight is 177 g/mol. The van der Waals surface area contributed by atoms with Crippen molar-refractivity contribution >= 4 is 11.0 Å². The highest BCUT2D eigenvalue weighted by molar-refractivity contribution is 7.82. The SMILES string of the molecule is NS(=O)CCC1CCOCC1. The molecule has 0 aliphatic carbocycles. The molecule has 0 aromatic heterocycles. The molecule has 4 heteroatoms. The second-order valence-electron chi connectivity index (χ2n) is 2.93. The third-order valence-corrected chi connectivity index (χ3v) is 2.71. The van der Waals surface area contributed by atoms with Crippen molar-refractivity contribution in [2.75, 3.05) is 19.0 Å². The molecule has 1 saturated heterocycles. The Morgan fingerprint density at radius 3 is 2.64 bits per heavy atom. The minimum atomic E-state index is -1.11. The molecule has 0 aromatic carbocycles. The van der Waals surface area contributed by atoms with Gasteiger partial charge in [-0.05, 0) is 25.2 Å². The summed E-state index contributed by atoms with van der Waals surface area (Å²) in [5, 5.41) is 5.15. The van der Waals surface area contributed by atoms with E-state index in [1.807, 2.05) is 0 Å². The van der Waals surface area contributed by atoms with Gasteiger partial charge in [0.05, 0.1) is 11.0 Å². The Morgan fingerprint density at radius 1 is 1.45 bits per heavy atom. The van der Waals surface area contributed by atoms with Crippen LogP contribution in [0.25, 0.3) is 0 Å². The fraction of sp³-hybridized carbons (Fsp3) is 1.00. The Morgan fingerprint density at radius 2 is 2.09 bits per heavy atom. The molecule has 1 rings (SSSR count). The van der Waals surface area contributed by atoms with Crippen LogP contribution in [0.5, 0.6) is 0 Å². The third-order valence-electron chi connectivity index (χ3n) is 2.07. The van der Waals surface area contributed by atoms with Crippen LogP contribution < -0.4 is 5.14 Å². The summed E-state index contributed by atoms with van der Waals surface area (Å²) in [6.07, 6.45) is 3.21.